The maximum atomic E-state index is 13.0. The molecule has 2 aromatic rings. The highest BCUT2D eigenvalue weighted by molar-refractivity contribution is 7.12. The van der Waals surface area contributed by atoms with Gasteiger partial charge in [0, 0.05) is 20.9 Å². The molecule has 0 bridgehead atoms. The van der Waals surface area contributed by atoms with E-state index in [2.05, 4.69) is 0 Å². The lowest BCUT2D eigenvalue weighted by molar-refractivity contribution is 0.103. The zero-order chi connectivity index (χ0) is 12.6. The average Bonchev–Trinajstić information content (AvgIpc) is 2.61. The molecule has 0 fully saturated rings. The second-order valence-electron chi connectivity index (χ2n) is 3.78. The van der Waals surface area contributed by atoms with Crippen molar-refractivity contribution < 1.29 is 9.18 Å². The van der Waals surface area contributed by atoms with E-state index in [1.807, 2.05) is 19.9 Å². The van der Waals surface area contributed by atoms with Crippen LogP contribution in [0.2, 0.25) is 5.02 Å². The molecule has 4 heteroatoms. The van der Waals surface area contributed by atoms with Gasteiger partial charge >= 0.3 is 0 Å². The van der Waals surface area contributed by atoms with Crippen LogP contribution in [-0.2, 0) is 0 Å². The number of ketones is 1. The molecular formula is C13H10ClFOS. The Labute approximate surface area is 108 Å². The molecule has 0 unspecified atom stereocenters. The molecule has 0 N–H and O–H groups in total. The molecule has 0 aliphatic rings. The van der Waals surface area contributed by atoms with Crippen LogP contribution in [0.25, 0.3) is 0 Å². The first-order valence-corrected chi connectivity index (χ1v) is 6.25. The van der Waals surface area contributed by atoms with Crippen LogP contribution in [0.3, 0.4) is 0 Å². The Morgan fingerprint density at radius 1 is 1.29 bits per heavy atom. The second-order valence-corrected chi connectivity index (χ2v) is 5.65. The van der Waals surface area contributed by atoms with Gasteiger partial charge in [-0.15, -0.1) is 11.3 Å². The molecule has 0 atom stereocenters. The normalized spacial score (nSPS) is 10.6. The van der Waals surface area contributed by atoms with Gasteiger partial charge in [-0.05, 0) is 38.1 Å². The molecule has 1 nitrogen and oxygen atoms in total. The first-order chi connectivity index (χ1) is 7.99. The van der Waals surface area contributed by atoms with E-state index in [9.17, 15) is 9.18 Å². The molecule has 0 radical (unpaired) electrons. The topological polar surface area (TPSA) is 17.1 Å². The van der Waals surface area contributed by atoms with Crippen LogP contribution in [0.4, 0.5) is 4.39 Å². The molecule has 1 aromatic heterocycles. The minimum Gasteiger partial charge on any atom is -0.289 e. The van der Waals surface area contributed by atoms with E-state index in [0.717, 1.165) is 9.75 Å². The summed E-state index contributed by atoms with van der Waals surface area (Å²) in [5, 5.41) is -0.0274. The van der Waals surface area contributed by atoms with Crippen LogP contribution in [0, 0.1) is 19.7 Å². The highest BCUT2D eigenvalue weighted by Gasteiger charge is 2.15. The number of hydrogen-bond donors (Lipinski definition) is 0. The van der Waals surface area contributed by atoms with Gasteiger partial charge in [-0.2, -0.15) is 0 Å². The lowest BCUT2D eigenvalue weighted by Gasteiger charge is -2.01. The molecule has 88 valence electrons. The van der Waals surface area contributed by atoms with Crippen molar-refractivity contribution in [1.29, 1.82) is 0 Å². The third kappa shape index (κ3) is 2.40. The van der Waals surface area contributed by atoms with Crippen LogP contribution in [-0.4, -0.2) is 5.78 Å². The maximum Gasteiger partial charge on any atom is 0.194 e. The standard InChI is InChI=1S/C13H10ClFOS/c1-7-5-10(8(2)17-7)13(16)9-3-4-12(15)11(14)6-9/h3-6H,1-2H3. The lowest BCUT2D eigenvalue weighted by atomic mass is 10.0. The van der Waals surface area contributed by atoms with Crippen molar-refractivity contribution in [3.8, 4) is 0 Å². The summed E-state index contributed by atoms with van der Waals surface area (Å²) in [6, 6.07) is 5.88. The first-order valence-electron chi connectivity index (χ1n) is 5.06. The van der Waals surface area contributed by atoms with Crippen LogP contribution in [0.1, 0.15) is 25.7 Å². The maximum absolute atomic E-state index is 13.0. The molecule has 17 heavy (non-hydrogen) atoms. The predicted molar refractivity (Wildman–Crippen MR) is 68.6 cm³/mol. The smallest absolute Gasteiger partial charge is 0.194 e. The lowest BCUT2D eigenvalue weighted by Crippen LogP contribution is -2.01. The van der Waals surface area contributed by atoms with Crippen LogP contribution < -0.4 is 0 Å². The van der Waals surface area contributed by atoms with Crippen molar-refractivity contribution in [2.45, 2.75) is 13.8 Å². The van der Waals surface area contributed by atoms with Gasteiger partial charge in [-0.3, -0.25) is 4.79 Å². The Morgan fingerprint density at radius 3 is 2.53 bits per heavy atom. The number of rotatable bonds is 2. The number of carbonyl (C=O) groups is 1. The van der Waals surface area contributed by atoms with Gasteiger partial charge in [-0.1, -0.05) is 11.6 Å². The fraction of sp³-hybridized carbons (Fsp3) is 0.154. The van der Waals surface area contributed by atoms with Crippen molar-refractivity contribution in [1.82, 2.24) is 0 Å². The summed E-state index contributed by atoms with van der Waals surface area (Å²) in [7, 11) is 0. The predicted octanol–water partition coefficient (Wildman–Crippen LogP) is 4.39. The summed E-state index contributed by atoms with van der Waals surface area (Å²) in [5.74, 6) is -0.629. The zero-order valence-corrected chi connectivity index (χ0v) is 11.0. The monoisotopic (exact) mass is 268 g/mol. The summed E-state index contributed by atoms with van der Waals surface area (Å²) < 4.78 is 13.0. The summed E-state index contributed by atoms with van der Waals surface area (Å²) in [5.41, 5.74) is 1.08. The molecule has 0 saturated heterocycles. The van der Waals surface area contributed by atoms with Gasteiger partial charge in [0.2, 0.25) is 0 Å². The number of benzene rings is 1. The Bertz CT molecular complexity index is 589. The third-order valence-electron chi connectivity index (χ3n) is 2.47. The van der Waals surface area contributed by atoms with Crippen molar-refractivity contribution in [3.05, 3.63) is 56.0 Å². The summed E-state index contributed by atoms with van der Waals surface area (Å²) in [6.45, 7) is 3.85. The molecule has 0 aliphatic carbocycles. The van der Waals surface area contributed by atoms with Gasteiger partial charge in [-0.25, -0.2) is 4.39 Å². The molecule has 0 spiro atoms. The van der Waals surface area contributed by atoms with Crippen LogP contribution in [0.15, 0.2) is 24.3 Å². The van der Waals surface area contributed by atoms with E-state index >= 15 is 0 Å². The molecular weight excluding hydrogens is 259 g/mol. The number of aryl methyl sites for hydroxylation is 2. The van der Waals surface area contributed by atoms with E-state index in [0.29, 0.717) is 11.1 Å². The van der Waals surface area contributed by atoms with Gasteiger partial charge in [0.1, 0.15) is 5.82 Å². The van der Waals surface area contributed by atoms with Crippen molar-refractivity contribution in [3.63, 3.8) is 0 Å². The SMILES string of the molecule is Cc1cc(C(=O)c2ccc(F)c(Cl)c2)c(C)s1. The Hall–Kier alpha value is -1.19. The minimum absolute atomic E-state index is 0.0274. The number of thiophene rings is 1. The molecule has 0 amide bonds. The molecule has 2 rings (SSSR count). The highest BCUT2D eigenvalue weighted by atomic mass is 35.5. The Balaban J connectivity index is 2.44. The fourth-order valence-electron chi connectivity index (χ4n) is 1.65. The van der Waals surface area contributed by atoms with Gasteiger partial charge in [0.15, 0.2) is 5.78 Å². The Morgan fingerprint density at radius 2 is 2.00 bits per heavy atom. The molecule has 1 heterocycles. The summed E-state index contributed by atoms with van der Waals surface area (Å²) >= 11 is 7.24. The molecule has 1 aromatic carbocycles. The first kappa shape index (κ1) is 12.3. The fourth-order valence-corrected chi connectivity index (χ4v) is 2.75. The summed E-state index contributed by atoms with van der Waals surface area (Å²) in [6.07, 6.45) is 0. The zero-order valence-electron chi connectivity index (χ0n) is 9.38. The van der Waals surface area contributed by atoms with E-state index in [1.54, 1.807) is 11.3 Å². The largest absolute Gasteiger partial charge is 0.289 e. The quantitative estimate of drug-likeness (QED) is 0.739. The van der Waals surface area contributed by atoms with E-state index in [1.165, 1.54) is 18.2 Å². The Kier molecular flexibility index (Phi) is 3.31. The van der Waals surface area contributed by atoms with Crippen LogP contribution in [0.5, 0.6) is 0 Å². The highest BCUT2D eigenvalue weighted by Crippen LogP contribution is 2.25. The van der Waals surface area contributed by atoms with Crippen molar-refractivity contribution in [2.24, 2.45) is 0 Å². The van der Waals surface area contributed by atoms with E-state index in [-0.39, 0.29) is 10.8 Å². The number of carbonyl (C=O) groups excluding carboxylic acids is 1. The number of halogens is 2. The summed E-state index contributed by atoms with van der Waals surface area (Å²) in [4.78, 5) is 14.2. The van der Waals surface area contributed by atoms with E-state index < -0.39 is 5.82 Å². The average molecular weight is 269 g/mol. The second kappa shape index (κ2) is 4.59. The molecule has 0 saturated carbocycles. The van der Waals surface area contributed by atoms with Gasteiger partial charge < -0.3 is 0 Å². The van der Waals surface area contributed by atoms with Crippen LogP contribution >= 0.6 is 22.9 Å². The molecule has 0 aliphatic heterocycles. The minimum atomic E-state index is -0.513. The van der Waals surface area contributed by atoms with Crippen molar-refractivity contribution >= 4 is 28.7 Å². The van der Waals surface area contributed by atoms with Gasteiger partial charge in [0.25, 0.3) is 0 Å². The van der Waals surface area contributed by atoms with Gasteiger partial charge in [0.05, 0.1) is 5.02 Å². The van der Waals surface area contributed by atoms with Crippen molar-refractivity contribution in [2.75, 3.05) is 0 Å². The number of hydrogen-bond acceptors (Lipinski definition) is 2. The van der Waals surface area contributed by atoms with E-state index in [4.69, 9.17) is 11.6 Å². The third-order valence-corrected chi connectivity index (χ3v) is 3.72.